The molecule has 45 nitrogen and oxygen atoms in total. The lowest BCUT2D eigenvalue weighted by Crippen LogP contribution is -2.61. The first kappa shape index (κ1) is 87.9. The highest BCUT2D eigenvalue weighted by Gasteiger charge is 2.42. The molecule has 12 atom stereocenters. The summed E-state index contributed by atoms with van der Waals surface area (Å²) in [4.78, 5) is 255. The quantitative estimate of drug-likeness (QED) is 0.0195. The van der Waals surface area contributed by atoms with Crippen LogP contribution in [0.1, 0.15) is 63.0 Å². The largest absolute Gasteiger partial charge is 0.481 e. The zero-order chi connectivity index (χ0) is 81.6. The monoisotopic (exact) mass is 1550 g/mol. The lowest BCUT2D eigenvalue weighted by atomic mass is 10.0. The Balaban J connectivity index is 1.23. The number of nitrogens with one attached hydrogen (secondary N) is 15. The Morgan fingerprint density at radius 3 is 1.34 bits per heavy atom. The van der Waals surface area contributed by atoms with Crippen LogP contribution in [0.2, 0.25) is 0 Å². The van der Waals surface area contributed by atoms with Crippen LogP contribution in [-0.2, 0) is 104 Å². The SMILES string of the molecule is C[C@H](NC(=O)C[NH3+])C(=O)N[C@@H](CO)C(=O)N[C@@H](CC(=O)O)C(=O)NCC(=O)N[C@@H](CO)C(=O)NCC(=O)N[C@@H](Cc1c[nH]c2ccccc12)C(=O)N[C@@H](CO)C(=O)N[C@@H](CO)C(=O)N[C@@H](CCC(=O)O)C(=O)N[C@@H](CC(N)=O)C(=O)N[C@@H](CC(N)=O)C(=O)N1CCC[C@H]1C(=O)N[C@@H](Cc1c[nH]c2ccccc12)C(=O)O. The lowest BCUT2D eigenvalue weighted by Gasteiger charge is -2.30. The molecular weight excluding hydrogens is 1460 g/mol. The van der Waals surface area contributed by atoms with Crippen molar-refractivity contribution in [3.63, 3.8) is 0 Å². The Kier molecular flexibility index (Phi) is 34.0. The smallest absolute Gasteiger partial charge is 0.326 e. The summed E-state index contributed by atoms with van der Waals surface area (Å²) < 4.78 is 0. The number of hydrogen-bond donors (Lipinski definition) is 25. The number of nitrogens with zero attached hydrogens (tertiary/aromatic N) is 1. The molecule has 598 valence electrons. The molecule has 1 aliphatic rings. The number of carbonyl (C=O) groups is 19. The van der Waals surface area contributed by atoms with Crippen molar-refractivity contribution in [2.75, 3.05) is 52.6 Å². The molecule has 3 heterocycles. The van der Waals surface area contributed by atoms with Gasteiger partial charge in [0.15, 0.2) is 6.54 Å². The van der Waals surface area contributed by atoms with Gasteiger partial charge in [0, 0.05) is 60.0 Å². The predicted octanol–water partition coefficient (Wildman–Crippen LogP) is -12.6. The molecule has 16 amide bonds. The number of para-hydroxylation sites is 2. The maximum absolute atomic E-state index is 14.2. The van der Waals surface area contributed by atoms with Crippen LogP contribution in [0, 0.1) is 0 Å². The minimum Gasteiger partial charge on any atom is -0.481 e. The molecule has 5 rings (SSSR count). The molecule has 0 spiro atoms. The van der Waals surface area contributed by atoms with Crippen molar-refractivity contribution >= 4 is 134 Å². The van der Waals surface area contributed by atoms with Crippen molar-refractivity contribution in [3.8, 4) is 0 Å². The molecule has 1 aliphatic heterocycles. The number of H-pyrrole nitrogens is 2. The lowest BCUT2D eigenvalue weighted by molar-refractivity contribution is -0.355. The van der Waals surface area contributed by atoms with Crippen LogP contribution in [0.3, 0.4) is 0 Å². The molecule has 0 aliphatic carbocycles. The normalized spacial score (nSPS) is 15.4. The van der Waals surface area contributed by atoms with Crippen LogP contribution in [0.25, 0.3) is 21.8 Å². The summed E-state index contributed by atoms with van der Waals surface area (Å²) in [5.74, 6) is -23.7. The molecule has 29 N–H and O–H groups in total. The third kappa shape index (κ3) is 26.6. The minimum absolute atomic E-state index is 0.00958. The zero-order valence-corrected chi connectivity index (χ0v) is 58.9. The van der Waals surface area contributed by atoms with E-state index in [2.05, 4.69) is 63.6 Å². The number of carbonyl (C=O) groups excluding carboxylic acids is 16. The molecule has 2 aromatic carbocycles. The number of amides is 16. The van der Waals surface area contributed by atoms with Crippen molar-refractivity contribution in [1.29, 1.82) is 0 Å². The molecule has 0 radical (unpaired) electrons. The highest BCUT2D eigenvalue weighted by Crippen LogP contribution is 2.23. The van der Waals surface area contributed by atoms with Crippen LogP contribution in [0.4, 0.5) is 0 Å². The number of aromatic amines is 2. The molecule has 0 unspecified atom stereocenters. The average molecular weight is 1550 g/mol. The van der Waals surface area contributed by atoms with E-state index >= 15 is 0 Å². The number of aliphatic hydroxyl groups is 4. The topological polar surface area (TPSA) is 737 Å². The van der Waals surface area contributed by atoms with Crippen molar-refractivity contribution in [1.82, 2.24) is 84.0 Å². The number of benzene rings is 2. The van der Waals surface area contributed by atoms with Gasteiger partial charge in [-0.05, 0) is 49.4 Å². The number of aromatic nitrogens is 2. The number of aliphatic carboxylic acids is 3. The molecule has 0 saturated carbocycles. The Bertz CT molecular complexity index is 4090. The first-order valence-corrected chi connectivity index (χ1v) is 33.8. The van der Waals surface area contributed by atoms with Gasteiger partial charge in [0.2, 0.25) is 88.6 Å². The highest BCUT2D eigenvalue weighted by atomic mass is 16.4. The fraction of sp³-hybridized carbons (Fsp3) is 0.462. The fourth-order valence-electron chi connectivity index (χ4n) is 11.1. The first-order valence-electron chi connectivity index (χ1n) is 33.8. The standard InChI is InChI=1S/C65H87N19O26/c1-29(73-49(91)20-66)54(98)81-43(26-86)61(105)78-39(19-53(96)97)55(99)71-24-51(93)75-42(25-85)56(100)72-23-50(92)74-37(15-30-21-69-34-9-4-2-7-32(30)34)58(102)82-45(28-88)62(106)83-44(27-87)60(104)76-36(12-13-52(94)95)57(101)77-38(17-47(67)89)59(103)79-40(18-48(68)90)64(108)84-14-6-11-46(84)63(107)80-41(65(109)110)16-31-22-70-35-10-5-3-8-33(31)35/h2-5,7-10,21-22,29,36-46,69-70,85-88H,6,11-20,23-28,66H2,1H3,(H2,67,89)(H2,68,90)(H,71,99)(H,72,100)(H,73,91)(H,74,92)(H,75,93)(H,76,104)(H,77,101)(H,78,105)(H,79,103)(H,80,107)(H,81,98)(H,82,102)(H,83,106)(H,94,95)(H,96,97)(H,109,110)/p+1/t29-,36-,37-,38-,39-,40-,41-,42-,43-,44-,45-,46-/m0/s1. The van der Waals surface area contributed by atoms with E-state index in [1.165, 1.54) is 13.1 Å². The van der Waals surface area contributed by atoms with Gasteiger partial charge in [0.05, 0.1) is 58.8 Å². The third-order valence-corrected chi connectivity index (χ3v) is 16.8. The van der Waals surface area contributed by atoms with Crippen LogP contribution in [0.15, 0.2) is 60.9 Å². The summed E-state index contributed by atoms with van der Waals surface area (Å²) in [5.41, 5.74) is 16.4. The molecular formula is C65H88N19O26+. The van der Waals surface area contributed by atoms with E-state index in [-0.39, 0.29) is 32.4 Å². The Morgan fingerprint density at radius 2 is 0.864 bits per heavy atom. The van der Waals surface area contributed by atoms with Crippen LogP contribution in [0.5, 0.6) is 0 Å². The third-order valence-electron chi connectivity index (χ3n) is 16.8. The van der Waals surface area contributed by atoms with Gasteiger partial charge in [-0.25, -0.2) is 4.79 Å². The Hall–Kier alpha value is -12.8. The van der Waals surface area contributed by atoms with E-state index in [9.17, 15) is 127 Å². The van der Waals surface area contributed by atoms with Gasteiger partial charge in [0.1, 0.15) is 72.5 Å². The van der Waals surface area contributed by atoms with Crippen LogP contribution < -0.4 is 86.3 Å². The van der Waals surface area contributed by atoms with E-state index in [1.807, 2.05) is 21.3 Å². The van der Waals surface area contributed by atoms with Gasteiger partial charge in [-0.2, -0.15) is 0 Å². The maximum Gasteiger partial charge on any atom is 0.326 e. The zero-order valence-electron chi connectivity index (χ0n) is 58.9. The van der Waals surface area contributed by atoms with E-state index in [0.717, 1.165) is 4.90 Å². The second kappa shape index (κ2) is 42.6. The number of rotatable bonds is 45. The van der Waals surface area contributed by atoms with Crippen LogP contribution >= 0.6 is 0 Å². The number of quaternary nitrogens is 1. The van der Waals surface area contributed by atoms with E-state index in [1.54, 1.807) is 54.7 Å². The number of carboxylic acid groups (broad SMARTS) is 3. The molecule has 2 aromatic heterocycles. The molecule has 45 heteroatoms. The number of aliphatic hydroxyl groups excluding tert-OH is 4. The van der Waals surface area contributed by atoms with Gasteiger partial charge < -0.3 is 137 Å². The molecule has 0 bridgehead atoms. The predicted molar refractivity (Wildman–Crippen MR) is 372 cm³/mol. The molecule has 1 fully saturated rings. The van der Waals surface area contributed by atoms with Crippen molar-refractivity contribution in [2.45, 2.75) is 137 Å². The highest BCUT2D eigenvalue weighted by molar-refractivity contribution is 6.02. The average Bonchev–Trinajstić information content (AvgIpc) is 1.64. The summed E-state index contributed by atoms with van der Waals surface area (Å²) in [6.07, 6.45) is -2.21. The Morgan fingerprint density at radius 1 is 0.464 bits per heavy atom. The molecule has 4 aromatic rings. The second-order valence-electron chi connectivity index (χ2n) is 25.0. The van der Waals surface area contributed by atoms with Crippen LogP contribution in [-0.4, -0.2) is 288 Å². The van der Waals surface area contributed by atoms with E-state index < -0.39 is 263 Å². The van der Waals surface area contributed by atoms with Gasteiger partial charge in [-0.3, -0.25) is 86.3 Å². The van der Waals surface area contributed by atoms with Gasteiger partial charge in [-0.1, -0.05) is 36.4 Å². The number of likely N-dealkylation sites (tertiary alicyclic amines) is 1. The fourth-order valence-corrected chi connectivity index (χ4v) is 11.1. The Labute approximate surface area is 622 Å². The van der Waals surface area contributed by atoms with Gasteiger partial charge >= 0.3 is 17.9 Å². The molecule has 1 saturated heterocycles. The van der Waals surface area contributed by atoms with Crippen molar-refractivity contribution in [3.05, 3.63) is 72.1 Å². The van der Waals surface area contributed by atoms with Crippen molar-refractivity contribution < 1.29 is 133 Å². The van der Waals surface area contributed by atoms with E-state index in [0.29, 0.717) is 32.9 Å². The summed E-state index contributed by atoms with van der Waals surface area (Å²) >= 11 is 0. The number of nitrogens with two attached hydrogens (primary N) is 2. The number of fused-ring (bicyclic) bond motifs is 2. The number of carboxylic acids is 3. The summed E-state index contributed by atoms with van der Waals surface area (Å²) in [5, 5.41) is 98.9. The first-order chi connectivity index (χ1) is 52.1. The summed E-state index contributed by atoms with van der Waals surface area (Å²) in [6.45, 7) is -6.00. The summed E-state index contributed by atoms with van der Waals surface area (Å²) in [6, 6.07) is -8.04. The van der Waals surface area contributed by atoms with Gasteiger partial charge in [-0.15, -0.1) is 0 Å². The number of hydrogen-bond acceptors (Lipinski definition) is 23. The number of primary amides is 2. The van der Waals surface area contributed by atoms with E-state index in [4.69, 9.17) is 11.5 Å². The summed E-state index contributed by atoms with van der Waals surface area (Å²) in [7, 11) is 0. The molecule has 110 heavy (non-hydrogen) atoms. The minimum atomic E-state index is -2.12. The second-order valence-corrected chi connectivity index (χ2v) is 25.0. The van der Waals surface area contributed by atoms with Crippen molar-refractivity contribution in [2.24, 2.45) is 11.5 Å². The van der Waals surface area contributed by atoms with Gasteiger partial charge in [0.25, 0.3) is 5.91 Å². The maximum atomic E-state index is 14.2.